The summed E-state index contributed by atoms with van der Waals surface area (Å²) in [5.74, 6) is 0.470. The molecule has 1 aromatic carbocycles. The highest BCUT2D eigenvalue weighted by molar-refractivity contribution is 5.79. The van der Waals surface area contributed by atoms with Crippen molar-refractivity contribution in [3.05, 3.63) is 47.3 Å². The third-order valence-electron chi connectivity index (χ3n) is 5.05. The van der Waals surface area contributed by atoms with Crippen LogP contribution in [0.5, 0.6) is 0 Å². The van der Waals surface area contributed by atoms with Gasteiger partial charge in [-0.05, 0) is 37.0 Å². The van der Waals surface area contributed by atoms with E-state index in [-0.39, 0.29) is 18.4 Å². The minimum Gasteiger partial charge on any atom is -0.340 e. The van der Waals surface area contributed by atoms with Crippen molar-refractivity contribution >= 4 is 5.91 Å². The lowest BCUT2D eigenvalue weighted by Gasteiger charge is -2.17. The third-order valence-corrected chi connectivity index (χ3v) is 5.05. The molecule has 8 heteroatoms. The summed E-state index contributed by atoms with van der Waals surface area (Å²) >= 11 is 0. The van der Waals surface area contributed by atoms with E-state index in [1.165, 1.54) is 25.0 Å². The van der Waals surface area contributed by atoms with E-state index in [4.69, 9.17) is 0 Å². The van der Waals surface area contributed by atoms with Gasteiger partial charge in [-0.15, -0.1) is 5.10 Å². The van der Waals surface area contributed by atoms with Gasteiger partial charge in [-0.25, -0.2) is 4.68 Å². The third kappa shape index (κ3) is 3.59. The Morgan fingerprint density at radius 3 is 2.54 bits per heavy atom. The molecule has 0 spiro atoms. The highest BCUT2D eigenvalue weighted by Crippen LogP contribution is 2.39. The summed E-state index contributed by atoms with van der Waals surface area (Å²) in [5.41, 5.74) is 0.912. The molecule has 0 bridgehead atoms. The number of carbonyl (C=O) groups is 1. The van der Waals surface area contributed by atoms with E-state index < -0.39 is 11.7 Å². The normalized spacial score (nSPS) is 20.6. The van der Waals surface area contributed by atoms with Crippen LogP contribution in [0.3, 0.4) is 0 Å². The van der Waals surface area contributed by atoms with E-state index in [9.17, 15) is 18.0 Å². The first-order valence-electron chi connectivity index (χ1n) is 8.76. The first-order valence-corrected chi connectivity index (χ1v) is 8.76. The number of carbonyl (C=O) groups excluding carboxylic acids is 1. The second kappa shape index (κ2) is 6.41. The molecule has 5 nitrogen and oxygen atoms in total. The molecule has 1 aromatic heterocycles. The molecule has 4 rings (SSSR count). The summed E-state index contributed by atoms with van der Waals surface area (Å²) in [6.07, 6.45) is 0.873. The van der Waals surface area contributed by atoms with Crippen molar-refractivity contribution in [1.82, 2.24) is 19.9 Å². The Kier molecular flexibility index (Phi) is 4.20. The summed E-state index contributed by atoms with van der Waals surface area (Å²) in [6, 6.07) is 4.89. The van der Waals surface area contributed by atoms with Gasteiger partial charge >= 0.3 is 6.18 Å². The summed E-state index contributed by atoms with van der Waals surface area (Å²) in [7, 11) is 0. The van der Waals surface area contributed by atoms with Crippen LogP contribution in [0.25, 0.3) is 0 Å². The van der Waals surface area contributed by atoms with Gasteiger partial charge in [0, 0.05) is 25.2 Å². The van der Waals surface area contributed by atoms with Crippen LogP contribution in [0.15, 0.2) is 30.5 Å². The van der Waals surface area contributed by atoms with Gasteiger partial charge in [-0.2, -0.15) is 13.2 Å². The lowest BCUT2D eigenvalue weighted by Crippen LogP contribution is -2.30. The van der Waals surface area contributed by atoms with E-state index in [0.29, 0.717) is 24.6 Å². The molecule has 0 N–H and O–H groups in total. The predicted molar refractivity (Wildman–Crippen MR) is 87.4 cm³/mol. The number of hydrogen-bond donors (Lipinski definition) is 0. The van der Waals surface area contributed by atoms with Crippen LogP contribution >= 0.6 is 0 Å². The van der Waals surface area contributed by atoms with Crippen LogP contribution in [-0.4, -0.2) is 38.9 Å². The largest absolute Gasteiger partial charge is 0.416 e. The first-order chi connectivity index (χ1) is 12.4. The molecule has 1 aliphatic heterocycles. The zero-order chi connectivity index (χ0) is 18.3. The fourth-order valence-electron chi connectivity index (χ4n) is 3.32. The van der Waals surface area contributed by atoms with Gasteiger partial charge in [0.2, 0.25) is 5.91 Å². The van der Waals surface area contributed by atoms with Gasteiger partial charge in [-0.1, -0.05) is 17.3 Å². The minimum absolute atomic E-state index is 0.0743. The summed E-state index contributed by atoms with van der Waals surface area (Å²) in [5, 5.41) is 8.40. The van der Waals surface area contributed by atoms with Gasteiger partial charge < -0.3 is 4.90 Å². The maximum absolute atomic E-state index is 12.6. The molecule has 138 valence electrons. The molecule has 1 amide bonds. The highest BCUT2D eigenvalue weighted by atomic mass is 19.4. The molecular formula is C18H19F3N4O. The van der Waals surface area contributed by atoms with Crippen molar-refractivity contribution in [2.24, 2.45) is 0 Å². The van der Waals surface area contributed by atoms with Crippen LogP contribution in [0.2, 0.25) is 0 Å². The maximum Gasteiger partial charge on any atom is 0.416 e. The lowest BCUT2D eigenvalue weighted by molar-refractivity contribution is -0.137. The standard InChI is InChI=1S/C18H19F3N4O/c19-18(20,21)14-5-1-12(2-6-14)9-17(26)24-8-7-15(10-24)25-11-16(22-23-25)13-3-4-13/h1-2,5-6,11,13,15H,3-4,7-10H2. The van der Waals surface area contributed by atoms with Crippen LogP contribution in [0.4, 0.5) is 13.2 Å². The van der Waals surface area contributed by atoms with Gasteiger partial charge in [0.25, 0.3) is 0 Å². The minimum atomic E-state index is -4.36. The highest BCUT2D eigenvalue weighted by Gasteiger charge is 2.32. The molecule has 2 aliphatic rings. The van der Waals surface area contributed by atoms with Gasteiger partial charge in [-0.3, -0.25) is 4.79 Å². The molecule has 2 heterocycles. The molecule has 1 saturated heterocycles. The fourth-order valence-corrected chi connectivity index (χ4v) is 3.32. The average Bonchev–Trinajstić information content (AvgIpc) is 3.13. The van der Waals surface area contributed by atoms with Crippen molar-refractivity contribution in [2.45, 2.75) is 43.8 Å². The zero-order valence-corrected chi connectivity index (χ0v) is 14.1. The van der Waals surface area contributed by atoms with Gasteiger partial charge in [0.15, 0.2) is 0 Å². The second-order valence-corrected chi connectivity index (χ2v) is 7.05. The Bertz CT molecular complexity index is 796. The molecule has 1 saturated carbocycles. The van der Waals surface area contributed by atoms with E-state index in [2.05, 4.69) is 10.3 Å². The Morgan fingerprint density at radius 1 is 1.15 bits per heavy atom. The second-order valence-electron chi connectivity index (χ2n) is 7.05. The molecular weight excluding hydrogens is 345 g/mol. The SMILES string of the molecule is O=C(Cc1ccc(C(F)(F)F)cc1)N1CCC(n2cc(C3CC3)nn2)C1. The molecule has 26 heavy (non-hydrogen) atoms. The molecule has 2 aromatic rings. The van der Waals surface area contributed by atoms with Crippen molar-refractivity contribution in [3.8, 4) is 0 Å². The van der Waals surface area contributed by atoms with Crippen molar-refractivity contribution in [2.75, 3.05) is 13.1 Å². The number of benzene rings is 1. The van der Waals surface area contributed by atoms with Crippen molar-refractivity contribution in [3.63, 3.8) is 0 Å². The average molecular weight is 364 g/mol. The van der Waals surface area contributed by atoms with Crippen molar-refractivity contribution in [1.29, 1.82) is 0 Å². The van der Waals surface area contributed by atoms with Crippen LogP contribution < -0.4 is 0 Å². The number of likely N-dealkylation sites (tertiary alicyclic amines) is 1. The number of amides is 1. The Balaban J connectivity index is 1.35. The number of nitrogens with zero attached hydrogens (tertiary/aromatic N) is 4. The van der Waals surface area contributed by atoms with Crippen molar-refractivity contribution < 1.29 is 18.0 Å². The molecule has 0 radical (unpaired) electrons. The van der Waals surface area contributed by atoms with E-state index in [0.717, 1.165) is 24.2 Å². The van der Waals surface area contributed by atoms with Crippen LogP contribution in [-0.2, 0) is 17.4 Å². The van der Waals surface area contributed by atoms with Gasteiger partial charge in [0.05, 0.1) is 23.7 Å². The predicted octanol–water partition coefficient (Wildman–Crippen LogP) is 3.19. The fraction of sp³-hybridized carbons (Fsp3) is 0.500. The monoisotopic (exact) mass is 364 g/mol. The van der Waals surface area contributed by atoms with Gasteiger partial charge in [0.1, 0.15) is 0 Å². The van der Waals surface area contributed by atoms with E-state index in [1.54, 1.807) is 4.90 Å². The van der Waals surface area contributed by atoms with E-state index in [1.807, 2.05) is 10.9 Å². The lowest BCUT2D eigenvalue weighted by atomic mass is 10.1. The van der Waals surface area contributed by atoms with Crippen LogP contribution in [0, 0.1) is 0 Å². The zero-order valence-electron chi connectivity index (χ0n) is 14.1. The smallest absolute Gasteiger partial charge is 0.340 e. The summed E-state index contributed by atoms with van der Waals surface area (Å²) < 4.78 is 39.6. The first kappa shape index (κ1) is 17.1. The maximum atomic E-state index is 12.6. The molecule has 1 unspecified atom stereocenters. The summed E-state index contributed by atoms with van der Waals surface area (Å²) in [6.45, 7) is 1.19. The summed E-state index contributed by atoms with van der Waals surface area (Å²) in [4.78, 5) is 14.2. The number of hydrogen-bond acceptors (Lipinski definition) is 3. The quantitative estimate of drug-likeness (QED) is 0.837. The molecule has 1 atom stereocenters. The van der Waals surface area contributed by atoms with Crippen LogP contribution in [0.1, 0.15) is 48.0 Å². The number of alkyl halides is 3. The number of halogens is 3. The molecule has 2 fully saturated rings. The Morgan fingerprint density at radius 2 is 1.88 bits per heavy atom. The Labute approximate surface area is 148 Å². The van der Waals surface area contributed by atoms with E-state index >= 15 is 0 Å². The topological polar surface area (TPSA) is 51.0 Å². The number of rotatable bonds is 4. The Hall–Kier alpha value is -2.38. The molecule has 1 aliphatic carbocycles. The number of aromatic nitrogens is 3.